The highest BCUT2D eigenvalue weighted by Crippen LogP contribution is 2.35. The molecule has 0 saturated carbocycles. The van der Waals surface area contributed by atoms with Crippen molar-refractivity contribution in [2.75, 3.05) is 19.8 Å². The summed E-state index contributed by atoms with van der Waals surface area (Å²) < 4.78 is 10.8. The first-order valence-corrected chi connectivity index (χ1v) is 6.12. The fourth-order valence-corrected chi connectivity index (χ4v) is 1.92. The fraction of sp³-hybridized carbons (Fsp3) is 0.462. The molecule has 2 rings (SSSR count). The lowest BCUT2D eigenvalue weighted by atomic mass is 10.1. The van der Waals surface area contributed by atoms with Crippen LogP contribution in [0.5, 0.6) is 11.5 Å². The van der Waals surface area contributed by atoms with Crippen molar-refractivity contribution in [1.29, 1.82) is 0 Å². The van der Waals surface area contributed by atoms with Crippen LogP contribution in [0.4, 0.5) is 0 Å². The van der Waals surface area contributed by atoms with Crippen LogP contribution in [0, 0.1) is 0 Å². The van der Waals surface area contributed by atoms with E-state index in [2.05, 4.69) is 12.2 Å². The predicted octanol–water partition coefficient (Wildman–Crippen LogP) is 0.984. The summed E-state index contributed by atoms with van der Waals surface area (Å²) in [5.41, 5.74) is 6.16. The SMILES string of the molecule is CCCNC1COc2cc(OCC(N)=O)ccc21. The Morgan fingerprint density at radius 2 is 2.44 bits per heavy atom. The molecule has 18 heavy (non-hydrogen) atoms. The summed E-state index contributed by atoms with van der Waals surface area (Å²) in [4.78, 5) is 10.6. The largest absolute Gasteiger partial charge is 0.491 e. The van der Waals surface area contributed by atoms with Crippen molar-refractivity contribution < 1.29 is 14.3 Å². The van der Waals surface area contributed by atoms with Crippen LogP contribution in [0.2, 0.25) is 0 Å². The summed E-state index contributed by atoms with van der Waals surface area (Å²) in [5, 5.41) is 3.42. The molecule has 0 saturated heterocycles. The molecule has 1 aromatic carbocycles. The molecule has 3 N–H and O–H groups in total. The molecule has 1 heterocycles. The molecule has 0 aromatic heterocycles. The second kappa shape index (κ2) is 5.73. The lowest BCUT2D eigenvalue weighted by Crippen LogP contribution is -2.23. The number of carbonyl (C=O) groups excluding carboxylic acids is 1. The third kappa shape index (κ3) is 2.92. The highest BCUT2D eigenvalue weighted by atomic mass is 16.5. The van der Waals surface area contributed by atoms with E-state index in [9.17, 15) is 4.79 Å². The zero-order valence-electron chi connectivity index (χ0n) is 10.4. The van der Waals surface area contributed by atoms with E-state index in [0.29, 0.717) is 12.4 Å². The molecule has 98 valence electrons. The Hall–Kier alpha value is -1.75. The highest BCUT2D eigenvalue weighted by molar-refractivity contribution is 5.75. The quantitative estimate of drug-likeness (QED) is 0.789. The van der Waals surface area contributed by atoms with Crippen LogP contribution in [0.3, 0.4) is 0 Å². The van der Waals surface area contributed by atoms with E-state index in [1.807, 2.05) is 12.1 Å². The Kier molecular flexibility index (Phi) is 4.04. The second-order valence-electron chi connectivity index (χ2n) is 4.27. The molecular weight excluding hydrogens is 232 g/mol. The smallest absolute Gasteiger partial charge is 0.255 e. The standard InChI is InChI=1S/C13H18N2O3/c1-2-5-15-11-7-18-12-6-9(3-4-10(11)12)17-8-13(14)16/h3-4,6,11,15H,2,5,7-8H2,1H3,(H2,14,16). The van der Waals surface area contributed by atoms with Gasteiger partial charge in [0.1, 0.15) is 18.1 Å². The van der Waals surface area contributed by atoms with Gasteiger partial charge in [0.25, 0.3) is 5.91 Å². The van der Waals surface area contributed by atoms with Gasteiger partial charge < -0.3 is 20.5 Å². The first kappa shape index (κ1) is 12.7. The monoisotopic (exact) mass is 250 g/mol. The minimum absolute atomic E-state index is 0.115. The number of primary amides is 1. The average Bonchev–Trinajstić information content (AvgIpc) is 2.76. The van der Waals surface area contributed by atoms with Crippen LogP contribution < -0.4 is 20.5 Å². The lowest BCUT2D eigenvalue weighted by Gasteiger charge is -2.10. The van der Waals surface area contributed by atoms with E-state index >= 15 is 0 Å². The van der Waals surface area contributed by atoms with Gasteiger partial charge in [0.05, 0.1) is 6.04 Å². The number of carbonyl (C=O) groups is 1. The zero-order valence-corrected chi connectivity index (χ0v) is 10.4. The van der Waals surface area contributed by atoms with Crippen molar-refractivity contribution in [2.45, 2.75) is 19.4 Å². The predicted molar refractivity (Wildman–Crippen MR) is 67.7 cm³/mol. The fourth-order valence-electron chi connectivity index (χ4n) is 1.92. The van der Waals surface area contributed by atoms with Gasteiger partial charge in [-0.1, -0.05) is 6.92 Å². The summed E-state index contributed by atoms with van der Waals surface area (Å²) in [7, 11) is 0. The lowest BCUT2D eigenvalue weighted by molar-refractivity contribution is -0.119. The van der Waals surface area contributed by atoms with E-state index in [1.54, 1.807) is 6.07 Å². The molecule has 1 aliphatic heterocycles. The number of hydrogen-bond acceptors (Lipinski definition) is 4. The highest BCUT2D eigenvalue weighted by Gasteiger charge is 2.23. The molecule has 0 spiro atoms. The van der Waals surface area contributed by atoms with Gasteiger partial charge in [-0.2, -0.15) is 0 Å². The molecule has 1 atom stereocenters. The summed E-state index contributed by atoms with van der Waals surface area (Å²) in [6.45, 7) is 3.61. The molecule has 0 radical (unpaired) electrons. The van der Waals surface area contributed by atoms with Crippen LogP contribution in [-0.4, -0.2) is 25.7 Å². The van der Waals surface area contributed by atoms with Crippen LogP contribution in [0.25, 0.3) is 0 Å². The minimum Gasteiger partial charge on any atom is -0.491 e. The summed E-state index contributed by atoms with van der Waals surface area (Å²) in [6, 6.07) is 5.83. The summed E-state index contributed by atoms with van der Waals surface area (Å²) in [5.74, 6) is 0.924. The molecule has 1 aromatic rings. The molecule has 0 bridgehead atoms. The maximum absolute atomic E-state index is 10.6. The van der Waals surface area contributed by atoms with E-state index in [1.165, 1.54) is 0 Å². The van der Waals surface area contributed by atoms with Crippen LogP contribution in [0.1, 0.15) is 24.9 Å². The third-order valence-corrected chi connectivity index (χ3v) is 2.79. The van der Waals surface area contributed by atoms with Gasteiger partial charge in [0.15, 0.2) is 6.61 Å². The van der Waals surface area contributed by atoms with Gasteiger partial charge in [-0.15, -0.1) is 0 Å². The Morgan fingerprint density at radius 3 is 3.17 bits per heavy atom. The topological polar surface area (TPSA) is 73.6 Å². The van der Waals surface area contributed by atoms with Gasteiger partial charge in [-0.3, -0.25) is 4.79 Å². The Labute approximate surface area is 106 Å². The maximum Gasteiger partial charge on any atom is 0.255 e. The maximum atomic E-state index is 10.6. The second-order valence-corrected chi connectivity index (χ2v) is 4.27. The molecule has 5 heteroatoms. The number of nitrogens with one attached hydrogen (secondary N) is 1. The Balaban J connectivity index is 2.03. The van der Waals surface area contributed by atoms with Gasteiger partial charge in [0, 0.05) is 11.6 Å². The number of fused-ring (bicyclic) bond motifs is 1. The first-order chi connectivity index (χ1) is 8.70. The molecule has 5 nitrogen and oxygen atoms in total. The van der Waals surface area contributed by atoms with Crippen molar-refractivity contribution in [3.8, 4) is 11.5 Å². The van der Waals surface area contributed by atoms with E-state index < -0.39 is 5.91 Å². The number of benzene rings is 1. The van der Waals surface area contributed by atoms with Gasteiger partial charge in [-0.05, 0) is 25.1 Å². The van der Waals surface area contributed by atoms with Crippen molar-refractivity contribution in [2.24, 2.45) is 5.73 Å². The molecule has 0 fully saturated rings. The number of ether oxygens (including phenoxy) is 2. The van der Waals surface area contributed by atoms with Gasteiger partial charge in [0.2, 0.25) is 0 Å². The number of amides is 1. The van der Waals surface area contributed by atoms with Crippen molar-refractivity contribution in [3.63, 3.8) is 0 Å². The van der Waals surface area contributed by atoms with Crippen LogP contribution in [-0.2, 0) is 4.79 Å². The number of rotatable bonds is 6. The van der Waals surface area contributed by atoms with Gasteiger partial charge >= 0.3 is 0 Å². The Bertz CT molecular complexity index is 434. The van der Waals surface area contributed by atoms with Crippen molar-refractivity contribution >= 4 is 5.91 Å². The van der Waals surface area contributed by atoms with E-state index in [4.69, 9.17) is 15.2 Å². The third-order valence-electron chi connectivity index (χ3n) is 2.79. The van der Waals surface area contributed by atoms with Crippen molar-refractivity contribution in [1.82, 2.24) is 5.32 Å². The van der Waals surface area contributed by atoms with E-state index in [-0.39, 0.29) is 12.6 Å². The minimum atomic E-state index is -0.487. The van der Waals surface area contributed by atoms with Crippen LogP contribution >= 0.6 is 0 Å². The zero-order chi connectivity index (χ0) is 13.0. The normalized spacial score (nSPS) is 17.1. The molecule has 1 aliphatic rings. The number of hydrogen-bond donors (Lipinski definition) is 2. The van der Waals surface area contributed by atoms with Crippen LogP contribution in [0.15, 0.2) is 18.2 Å². The van der Waals surface area contributed by atoms with Gasteiger partial charge in [-0.25, -0.2) is 0 Å². The Morgan fingerprint density at radius 1 is 1.61 bits per heavy atom. The molecule has 1 amide bonds. The summed E-state index contributed by atoms with van der Waals surface area (Å²) >= 11 is 0. The first-order valence-electron chi connectivity index (χ1n) is 6.12. The molecular formula is C13H18N2O3. The van der Waals surface area contributed by atoms with Crippen molar-refractivity contribution in [3.05, 3.63) is 23.8 Å². The van der Waals surface area contributed by atoms with E-state index in [0.717, 1.165) is 24.3 Å². The molecule has 0 aliphatic carbocycles. The average molecular weight is 250 g/mol. The number of nitrogens with two attached hydrogens (primary N) is 1. The summed E-state index contributed by atoms with van der Waals surface area (Å²) in [6.07, 6.45) is 1.09. The molecule has 1 unspecified atom stereocenters.